The van der Waals surface area contributed by atoms with Gasteiger partial charge in [0.25, 0.3) is 0 Å². The molecular weight excluding hydrogens is 328 g/mol. The number of ether oxygens (including phenoxy) is 1. The van der Waals surface area contributed by atoms with Gasteiger partial charge in [0.15, 0.2) is 5.96 Å². The van der Waals surface area contributed by atoms with Gasteiger partial charge in [-0.05, 0) is 43.4 Å². The van der Waals surface area contributed by atoms with Crippen molar-refractivity contribution >= 4 is 11.9 Å². The average Bonchev–Trinajstić information content (AvgIpc) is 3.18. The van der Waals surface area contributed by atoms with E-state index in [-0.39, 0.29) is 12.5 Å². The number of nitrogens with zero attached hydrogens (tertiary/aromatic N) is 2. The molecule has 0 atom stereocenters. The summed E-state index contributed by atoms with van der Waals surface area (Å²) in [6.07, 6.45) is 2.20. The molecule has 2 N–H and O–H groups in total. The number of amides is 1. The summed E-state index contributed by atoms with van der Waals surface area (Å²) in [7, 11) is 0. The van der Waals surface area contributed by atoms with E-state index in [9.17, 15) is 4.79 Å². The van der Waals surface area contributed by atoms with Crippen molar-refractivity contribution in [3.63, 3.8) is 0 Å². The molecule has 6 nitrogen and oxygen atoms in total. The summed E-state index contributed by atoms with van der Waals surface area (Å²) in [5, 5.41) is 6.37. The Hall–Kier alpha value is -2.24. The van der Waals surface area contributed by atoms with Crippen LogP contribution in [0.4, 0.5) is 0 Å². The van der Waals surface area contributed by atoms with Crippen molar-refractivity contribution in [1.29, 1.82) is 0 Å². The number of nitrogens with one attached hydrogen (secondary N) is 2. The molecule has 0 spiro atoms. The van der Waals surface area contributed by atoms with Gasteiger partial charge in [-0.15, -0.1) is 0 Å². The van der Waals surface area contributed by atoms with E-state index in [0.717, 1.165) is 38.2 Å². The third kappa shape index (κ3) is 6.58. The van der Waals surface area contributed by atoms with Gasteiger partial charge >= 0.3 is 0 Å². The van der Waals surface area contributed by atoms with E-state index in [1.54, 1.807) is 0 Å². The monoisotopic (exact) mass is 360 g/mol. The van der Waals surface area contributed by atoms with Crippen LogP contribution in [0.2, 0.25) is 0 Å². The van der Waals surface area contributed by atoms with Crippen molar-refractivity contribution in [2.75, 3.05) is 39.3 Å². The predicted molar refractivity (Wildman–Crippen MR) is 106 cm³/mol. The van der Waals surface area contributed by atoms with Gasteiger partial charge in [0.1, 0.15) is 18.9 Å². The summed E-state index contributed by atoms with van der Waals surface area (Å²) in [4.78, 5) is 18.4. The van der Waals surface area contributed by atoms with Crippen molar-refractivity contribution < 1.29 is 9.53 Å². The number of aliphatic imine (C=N–C) groups is 1. The quantitative estimate of drug-likeness (QED) is 0.424. The minimum absolute atomic E-state index is 0.0983. The van der Waals surface area contributed by atoms with Gasteiger partial charge in [0.2, 0.25) is 5.91 Å². The molecule has 0 bridgehead atoms. The number of likely N-dealkylation sites (tertiary alicyclic amines) is 1. The third-order valence-corrected chi connectivity index (χ3v) is 4.39. The number of carbonyl (C=O) groups excluding carboxylic acids is 1. The molecule has 0 radical (unpaired) electrons. The smallest absolute Gasteiger partial charge is 0.244 e. The number of benzene rings is 1. The molecule has 1 heterocycles. The molecular formula is C20H32N4O2. The van der Waals surface area contributed by atoms with Crippen LogP contribution in [0.1, 0.15) is 45.1 Å². The lowest BCUT2D eigenvalue weighted by Crippen LogP contribution is -2.40. The molecule has 1 saturated heterocycles. The second-order valence-corrected chi connectivity index (χ2v) is 6.78. The minimum Gasteiger partial charge on any atom is -0.492 e. The molecule has 0 unspecified atom stereocenters. The van der Waals surface area contributed by atoms with Crippen molar-refractivity contribution in [2.24, 2.45) is 4.99 Å². The van der Waals surface area contributed by atoms with E-state index in [0.29, 0.717) is 25.0 Å². The third-order valence-electron chi connectivity index (χ3n) is 4.39. The van der Waals surface area contributed by atoms with Gasteiger partial charge in [0.05, 0.1) is 6.54 Å². The standard InChI is InChI=1S/C20H32N4O2/c1-4-21-20(23-15-19(25)24-12-5-6-13-24)22-11-14-26-18-9-7-17(8-10-18)16(2)3/h7-10,16H,4-6,11-15H2,1-3H3,(H2,21,22,23). The Bertz CT molecular complexity index is 578. The highest BCUT2D eigenvalue weighted by atomic mass is 16.5. The first-order valence-corrected chi connectivity index (χ1v) is 9.63. The molecule has 2 rings (SSSR count). The van der Waals surface area contributed by atoms with Gasteiger partial charge in [-0.2, -0.15) is 0 Å². The molecule has 0 aromatic heterocycles. The topological polar surface area (TPSA) is 66.0 Å². The number of rotatable bonds is 8. The molecule has 1 aliphatic heterocycles. The lowest BCUT2D eigenvalue weighted by molar-refractivity contribution is -0.128. The van der Waals surface area contributed by atoms with Gasteiger partial charge in [-0.1, -0.05) is 26.0 Å². The Morgan fingerprint density at radius 2 is 1.88 bits per heavy atom. The number of hydrogen-bond acceptors (Lipinski definition) is 3. The van der Waals surface area contributed by atoms with E-state index < -0.39 is 0 Å². The maximum atomic E-state index is 12.1. The molecule has 1 fully saturated rings. The van der Waals surface area contributed by atoms with Crippen LogP contribution < -0.4 is 15.4 Å². The number of carbonyl (C=O) groups is 1. The average molecular weight is 361 g/mol. The second-order valence-electron chi connectivity index (χ2n) is 6.78. The fraction of sp³-hybridized carbons (Fsp3) is 0.600. The van der Waals surface area contributed by atoms with Crippen LogP contribution in [0.5, 0.6) is 5.75 Å². The Kier molecular flexibility index (Phi) is 8.25. The molecule has 1 aromatic rings. The first kappa shape index (κ1) is 20.1. The highest BCUT2D eigenvalue weighted by Crippen LogP contribution is 2.18. The SMILES string of the molecule is CCNC(=NCC(=O)N1CCCC1)NCCOc1ccc(C(C)C)cc1. The summed E-state index contributed by atoms with van der Waals surface area (Å²) >= 11 is 0. The molecule has 1 aromatic carbocycles. The van der Waals surface area contributed by atoms with Crippen LogP contribution >= 0.6 is 0 Å². The van der Waals surface area contributed by atoms with Crippen LogP contribution in [0.25, 0.3) is 0 Å². The van der Waals surface area contributed by atoms with Crippen LogP contribution in [0, 0.1) is 0 Å². The predicted octanol–water partition coefficient (Wildman–Crippen LogP) is 2.37. The van der Waals surface area contributed by atoms with Crippen molar-refractivity contribution in [1.82, 2.24) is 15.5 Å². The minimum atomic E-state index is 0.0983. The Morgan fingerprint density at radius 1 is 1.19 bits per heavy atom. The van der Waals surface area contributed by atoms with Gasteiger partial charge in [-0.25, -0.2) is 4.99 Å². The lowest BCUT2D eigenvalue weighted by Gasteiger charge is -2.15. The van der Waals surface area contributed by atoms with E-state index >= 15 is 0 Å². The molecule has 6 heteroatoms. The Labute approximate surface area is 157 Å². The Morgan fingerprint density at radius 3 is 2.50 bits per heavy atom. The number of hydrogen-bond donors (Lipinski definition) is 2. The Balaban J connectivity index is 1.73. The zero-order valence-corrected chi connectivity index (χ0v) is 16.3. The summed E-state index contributed by atoms with van der Waals surface area (Å²) in [5.41, 5.74) is 1.31. The van der Waals surface area contributed by atoms with E-state index in [1.165, 1.54) is 5.56 Å². The summed E-state index contributed by atoms with van der Waals surface area (Å²) in [6, 6.07) is 8.21. The van der Waals surface area contributed by atoms with Crippen LogP contribution in [0.3, 0.4) is 0 Å². The first-order valence-electron chi connectivity index (χ1n) is 9.63. The van der Waals surface area contributed by atoms with Gasteiger partial charge in [-0.3, -0.25) is 4.79 Å². The largest absolute Gasteiger partial charge is 0.492 e. The van der Waals surface area contributed by atoms with E-state index in [2.05, 4.69) is 41.6 Å². The fourth-order valence-electron chi connectivity index (χ4n) is 2.84. The summed E-state index contributed by atoms with van der Waals surface area (Å²) in [5.74, 6) is 2.13. The molecule has 144 valence electrons. The van der Waals surface area contributed by atoms with Crippen molar-refractivity contribution in [2.45, 2.75) is 39.5 Å². The van der Waals surface area contributed by atoms with Crippen LogP contribution in [-0.2, 0) is 4.79 Å². The van der Waals surface area contributed by atoms with Gasteiger partial charge < -0.3 is 20.3 Å². The van der Waals surface area contributed by atoms with Gasteiger partial charge in [0, 0.05) is 19.6 Å². The number of guanidine groups is 1. The molecule has 0 saturated carbocycles. The first-order chi connectivity index (χ1) is 12.6. The van der Waals surface area contributed by atoms with E-state index in [1.807, 2.05) is 24.0 Å². The highest BCUT2D eigenvalue weighted by Gasteiger charge is 2.17. The summed E-state index contributed by atoms with van der Waals surface area (Å²) < 4.78 is 5.76. The highest BCUT2D eigenvalue weighted by molar-refractivity contribution is 5.85. The fourth-order valence-corrected chi connectivity index (χ4v) is 2.84. The van der Waals surface area contributed by atoms with E-state index in [4.69, 9.17) is 4.74 Å². The molecule has 1 amide bonds. The van der Waals surface area contributed by atoms with Crippen molar-refractivity contribution in [3.8, 4) is 5.75 Å². The molecule has 26 heavy (non-hydrogen) atoms. The van der Waals surface area contributed by atoms with Crippen molar-refractivity contribution in [3.05, 3.63) is 29.8 Å². The zero-order valence-electron chi connectivity index (χ0n) is 16.3. The normalized spacial score (nSPS) is 14.6. The second kappa shape index (κ2) is 10.7. The summed E-state index contributed by atoms with van der Waals surface area (Å²) in [6.45, 7) is 10.2. The lowest BCUT2D eigenvalue weighted by atomic mass is 10.0. The van der Waals surface area contributed by atoms with Crippen LogP contribution in [-0.4, -0.2) is 56.1 Å². The molecule has 1 aliphatic rings. The van der Waals surface area contributed by atoms with Crippen LogP contribution in [0.15, 0.2) is 29.3 Å². The maximum Gasteiger partial charge on any atom is 0.244 e. The maximum absolute atomic E-state index is 12.1. The zero-order chi connectivity index (χ0) is 18.8. The molecule has 0 aliphatic carbocycles.